The summed E-state index contributed by atoms with van der Waals surface area (Å²) in [5, 5.41) is 6.98. The van der Waals surface area contributed by atoms with Crippen molar-refractivity contribution in [2.75, 3.05) is 11.3 Å². The zero-order valence-corrected chi connectivity index (χ0v) is 10.9. The Balaban J connectivity index is 2.19. The Hall–Kier alpha value is -1.58. The molecule has 2 rings (SSSR count). The average molecular weight is 285 g/mol. The summed E-state index contributed by atoms with van der Waals surface area (Å²) < 4.78 is 29.7. The van der Waals surface area contributed by atoms with Crippen molar-refractivity contribution in [1.29, 1.82) is 0 Å². The number of nitrogens with two attached hydrogens (primary N) is 1. The molecule has 1 heterocycles. The number of benzene rings is 1. The summed E-state index contributed by atoms with van der Waals surface area (Å²) in [6, 6.07) is 6.53. The van der Waals surface area contributed by atoms with Gasteiger partial charge in [-0.1, -0.05) is 21.7 Å². The molecule has 2 aromatic rings. The largest absolute Gasteiger partial charge is 0.330 e. The molecule has 0 bridgehead atoms. The first-order valence-electron chi connectivity index (χ1n) is 5.09. The van der Waals surface area contributed by atoms with Gasteiger partial charge in [-0.3, -0.25) is 4.72 Å². The third-order valence-electron chi connectivity index (χ3n) is 2.19. The van der Waals surface area contributed by atoms with Gasteiger partial charge in [-0.05, 0) is 35.9 Å². The SMILES string of the molecule is NCCc1ccc(S(=O)(=O)Nc2nnns2)cc1. The number of hydrogen-bond donors (Lipinski definition) is 2. The number of aromatic nitrogens is 3. The highest BCUT2D eigenvalue weighted by Crippen LogP contribution is 2.16. The van der Waals surface area contributed by atoms with Gasteiger partial charge in [0.05, 0.1) is 4.90 Å². The molecule has 96 valence electrons. The van der Waals surface area contributed by atoms with Gasteiger partial charge in [0.2, 0.25) is 5.13 Å². The Kier molecular flexibility index (Phi) is 3.84. The van der Waals surface area contributed by atoms with Gasteiger partial charge in [0.25, 0.3) is 10.0 Å². The van der Waals surface area contributed by atoms with Crippen LogP contribution < -0.4 is 10.5 Å². The van der Waals surface area contributed by atoms with Gasteiger partial charge < -0.3 is 5.73 Å². The molecule has 0 saturated carbocycles. The van der Waals surface area contributed by atoms with Crippen LogP contribution in [0.5, 0.6) is 0 Å². The van der Waals surface area contributed by atoms with Crippen LogP contribution in [-0.4, -0.2) is 29.8 Å². The molecule has 1 aromatic heterocycles. The molecule has 9 heteroatoms. The van der Waals surface area contributed by atoms with E-state index in [0.717, 1.165) is 17.1 Å². The molecule has 0 spiro atoms. The number of nitrogens with zero attached hydrogens (tertiary/aromatic N) is 3. The molecule has 0 saturated heterocycles. The second kappa shape index (κ2) is 5.38. The van der Waals surface area contributed by atoms with Crippen LogP contribution in [-0.2, 0) is 16.4 Å². The van der Waals surface area contributed by atoms with E-state index in [-0.39, 0.29) is 10.0 Å². The number of rotatable bonds is 5. The monoisotopic (exact) mass is 285 g/mol. The fourth-order valence-electron chi connectivity index (χ4n) is 1.35. The van der Waals surface area contributed by atoms with E-state index >= 15 is 0 Å². The molecule has 0 aliphatic rings. The highest BCUT2D eigenvalue weighted by atomic mass is 32.2. The predicted octanol–water partition coefficient (Wildman–Crippen LogP) is 0.235. The maximum absolute atomic E-state index is 11.9. The molecule has 0 unspecified atom stereocenters. The lowest BCUT2D eigenvalue weighted by Crippen LogP contribution is -2.13. The molecule has 18 heavy (non-hydrogen) atoms. The quantitative estimate of drug-likeness (QED) is 0.813. The standard InChI is InChI=1S/C9H11N5O2S2/c10-6-5-7-1-3-8(4-2-7)18(15,16)12-9-11-13-14-17-9/h1-4H,5-6,10H2,(H,11,12,14). The molecule has 1 aromatic carbocycles. The van der Waals surface area contributed by atoms with Crippen molar-refractivity contribution in [2.45, 2.75) is 11.3 Å². The molecule has 0 amide bonds. The summed E-state index contributed by atoms with van der Waals surface area (Å²) in [6.07, 6.45) is 0.716. The fourth-order valence-corrected chi connectivity index (χ4v) is 2.93. The highest BCUT2D eigenvalue weighted by molar-refractivity contribution is 7.93. The minimum atomic E-state index is -3.63. The Morgan fingerprint density at radius 3 is 2.56 bits per heavy atom. The van der Waals surface area contributed by atoms with E-state index in [9.17, 15) is 8.42 Å². The summed E-state index contributed by atoms with van der Waals surface area (Å²) in [4.78, 5) is 0.165. The van der Waals surface area contributed by atoms with E-state index < -0.39 is 10.0 Å². The van der Waals surface area contributed by atoms with Crippen molar-refractivity contribution in [3.8, 4) is 0 Å². The van der Waals surface area contributed by atoms with E-state index in [0.29, 0.717) is 13.0 Å². The fraction of sp³-hybridized carbons (Fsp3) is 0.222. The van der Waals surface area contributed by atoms with Gasteiger partial charge in [-0.25, -0.2) is 8.42 Å². The lowest BCUT2D eigenvalue weighted by atomic mass is 10.2. The zero-order chi connectivity index (χ0) is 13.0. The van der Waals surface area contributed by atoms with Crippen molar-refractivity contribution < 1.29 is 8.42 Å². The van der Waals surface area contributed by atoms with E-state index in [1.165, 1.54) is 12.1 Å². The van der Waals surface area contributed by atoms with Crippen molar-refractivity contribution in [3.63, 3.8) is 0 Å². The minimum absolute atomic E-state index is 0.140. The number of nitrogens with one attached hydrogen (secondary N) is 1. The summed E-state index contributed by atoms with van der Waals surface area (Å²) >= 11 is 0.877. The van der Waals surface area contributed by atoms with Gasteiger partial charge in [-0.2, -0.15) is 0 Å². The molecule has 3 N–H and O–H groups in total. The first-order valence-corrected chi connectivity index (χ1v) is 7.34. The van der Waals surface area contributed by atoms with Gasteiger partial charge in [0.1, 0.15) is 0 Å². The summed E-state index contributed by atoms with van der Waals surface area (Å²) in [7, 11) is -3.63. The van der Waals surface area contributed by atoms with Crippen LogP contribution in [0.4, 0.5) is 5.13 Å². The van der Waals surface area contributed by atoms with E-state index in [1.54, 1.807) is 12.1 Å². The maximum atomic E-state index is 11.9. The second-order valence-electron chi connectivity index (χ2n) is 3.46. The topological polar surface area (TPSA) is 111 Å². The molecular weight excluding hydrogens is 274 g/mol. The Bertz CT molecular complexity index is 594. The van der Waals surface area contributed by atoms with E-state index in [2.05, 4.69) is 19.5 Å². The van der Waals surface area contributed by atoms with Crippen LogP contribution in [0.3, 0.4) is 0 Å². The highest BCUT2D eigenvalue weighted by Gasteiger charge is 2.15. The van der Waals surface area contributed by atoms with Gasteiger partial charge >= 0.3 is 0 Å². The molecule has 7 nitrogen and oxygen atoms in total. The van der Waals surface area contributed by atoms with Gasteiger partial charge in [0, 0.05) is 11.5 Å². The number of anilines is 1. The lowest BCUT2D eigenvalue weighted by Gasteiger charge is -2.05. The van der Waals surface area contributed by atoms with E-state index in [4.69, 9.17) is 5.73 Å². The van der Waals surface area contributed by atoms with Crippen molar-refractivity contribution in [2.24, 2.45) is 5.73 Å². The molecule has 0 fully saturated rings. The van der Waals surface area contributed by atoms with Crippen LogP contribution in [0.1, 0.15) is 5.56 Å². The van der Waals surface area contributed by atoms with Gasteiger partial charge in [0.15, 0.2) is 0 Å². The van der Waals surface area contributed by atoms with Crippen molar-refractivity contribution in [3.05, 3.63) is 29.8 Å². The first kappa shape index (κ1) is 12.9. The maximum Gasteiger partial charge on any atom is 0.263 e. The molecule has 0 radical (unpaired) electrons. The Labute approximate surface area is 108 Å². The molecule has 0 aliphatic heterocycles. The zero-order valence-electron chi connectivity index (χ0n) is 9.28. The van der Waals surface area contributed by atoms with Crippen LogP contribution >= 0.6 is 11.5 Å². The smallest absolute Gasteiger partial charge is 0.263 e. The lowest BCUT2D eigenvalue weighted by molar-refractivity contribution is 0.601. The summed E-state index contributed by atoms with van der Waals surface area (Å²) in [5.41, 5.74) is 6.42. The van der Waals surface area contributed by atoms with E-state index in [1.807, 2.05) is 0 Å². The van der Waals surface area contributed by atoms with Crippen LogP contribution in [0.15, 0.2) is 29.2 Å². The van der Waals surface area contributed by atoms with Crippen LogP contribution in [0, 0.1) is 0 Å². The third-order valence-corrected chi connectivity index (χ3v) is 4.18. The van der Waals surface area contributed by atoms with Crippen molar-refractivity contribution in [1.82, 2.24) is 14.8 Å². The Morgan fingerprint density at radius 1 is 1.28 bits per heavy atom. The molecular formula is C9H11N5O2S2. The summed E-state index contributed by atoms with van der Waals surface area (Å²) in [6.45, 7) is 0.529. The molecule has 0 aliphatic carbocycles. The molecule has 0 atom stereocenters. The second-order valence-corrected chi connectivity index (χ2v) is 5.87. The predicted molar refractivity (Wildman–Crippen MR) is 67.7 cm³/mol. The first-order chi connectivity index (χ1) is 8.62. The minimum Gasteiger partial charge on any atom is -0.330 e. The normalized spacial score (nSPS) is 11.4. The summed E-state index contributed by atoms with van der Waals surface area (Å²) in [5.74, 6) is 0. The average Bonchev–Trinajstić information content (AvgIpc) is 2.82. The number of sulfonamides is 1. The third kappa shape index (κ3) is 3.00. The van der Waals surface area contributed by atoms with Gasteiger partial charge in [-0.15, -0.1) is 0 Å². The Morgan fingerprint density at radius 2 is 2.00 bits per heavy atom. The van der Waals surface area contributed by atoms with Crippen molar-refractivity contribution >= 4 is 26.7 Å². The van der Waals surface area contributed by atoms with Crippen LogP contribution in [0.25, 0.3) is 0 Å². The van der Waals surface area contributed by atoms with Crippen LogP contribution in [0.2, 0.25) is 0 Å². The number of hydrogen-bond acceptors (Lipinski definition) is 7.